The van der Waals surface area contributed by atoms with Crippen LogP contribution in [0, 0.1) is 5.92 Å². The van der Waals surface area contributed by atoms with Gasteiger partial charge < -0.3 is 9.47 Å². The average molecular weight is 267 g/mol. The molecule has 98 valence electrons. The molecule has 1 atom stereocenters. The molecule has 3 fully saturated rings. The van der Waals surface area contributed by atoms with Crippen molar-refractivity contribution >= 4 is 17.5 Å². The number of fused-ring (bicyclic) bond motifs is 3. The van der Waals surface area contributed by atoms with Gasteiger partial charge in [-0.2, -0.15) is 0 Å². The lowest BCUT2D eigenvalue weighted by Crippen LogP contribution is -2.51. The highest BCUT2D eigenvalue weighted by Gasteiger charge is 2.36. The number of ether oxygens (including phenoxy) is 2. The summed E-state index contributed by atoms with van der Waals surface area (Å²) >= 11 is 1.58. The van der Waals surface area contributed by atoms with Gasteiger partial charge in [0.15, 0.2) is 0 Å². The zero-order valence-electron chi connectivity index (χ0n) is 10.2. The lowest BCUT2D eigenvalue weighted by molar-refractivity contribution is -0.0597. The van der Waals surface area contributed by atoms with Gasteiger partial charge in [-0.15, -0.1) is 11.3 Å². The molecule has 3 saturated heterocycles. The molecule has 0 aromatic carbocycles. The van der Waals surface area contributed by atoms with Crippen LogP contribution in [-0.2, 0) is 16.1 Å². The molecule has 3 aliphatic heterocycles. The SMILES string of the molecule is O=C(OCc1cccs1)O[C@H]1CN2CCC1CC2. The van der Waals surface area contributed by atoms with E-state index in [1.807, 2.05) is 17.5 Å². The molecule has 1 aromatic heterocycles. The first-order valence-corrected chi connectivity index (χ1v) is 7.27. The van der Waals surface area contributed by atoms with E-state index >= 15 is 0 Å². The summed E-state index contributed by atoms with van der Waals surface area (Å²) in [6.45, 7) is 3.49. The van der Waals surface area contributed by atoms with Gasteiger partial charge in [-0.1, -0.05) is 6.07 Å². The first-order chi connectivity index (χ1) is 8.81. The van der Waals surface area contributed by atoms with Crippen molar-refractivity contribution in [1.29, 1.82) is 0 Å². The number of thiophene rings is 1. The predicted octanol–water partition coefficient (Wildman–Crippen LogP) is 2.50. The largest absolute Gasteiger partial charge is 0.508 e. The molecule has 3 aliphatic rings. The molecule has 0 unspecified atom stereocenters. The summed E-state index contributed by atoms with van der Waals surface area (Å²) in [7, 11) is 0. The number of carbonyl (C=O) groups is 1. The summed E-state index contributed by atoms with van der Waals surface area (Å²) in [5.74, 6) is 0.532. The van der Waals surface area contributed by atoms with Crippen LogP contribution < -0.4 is 0 Å². The summed E-state index contributed by atoms with van der Waals surface area (Å²) in [5, 5.41) is 1.97. The number of hydrogen-bond donors (Lipinski definition) is 0. The highest BCUT2D eigenvalue weighted by Crippen LogP contribution is 2.29. The van der Waals surface area contributed by atoms with Crippen molar-refractivity contribution in [2.45, 2.75) is 25.6 Å². The maximum atomic E-state index is 11.6. The zero-order chi connectivity index (χ0) is 12.4. The van der Waals surface area contributed by atoms with E-state index in [1.165, 1.54) is 0 Å². The van der Waals surface area contributed by atoms with Gasteiger partial charge in [0.25, 0.3) is 0 Å². The zero-order valence-corrected chi connectivity index (χ0v) is 11.0. The molecule has 18 heavy (non-hydrogen) atoms. The van der Waals surface area contributed by atoms with E-state index in [9.17, 15) is 4.79 Å². The Kier molecular flexibility index (Phi) is 3.52. The summed E-state index contributed by atoms with van der Waals surface area (Å²) in [6.07, 6.45) is 1.79. The normalized spacial score (nSPS) is 30.1. The number of hydrogen-bond acceptors (Lipinski definition) is 5. The molecular formula is C13H17NO3S. The molecule has 1 aromatic rings. The third-order valence-corrected chi connectivity index (χ3v) is 4.61. The van der Waals surface area contributed by atoms with Gasteiger partial charge in [-0.3, -0.25) is 4.90 Å². The van der Waals surface area contributed by atoms with Crippen LogP contribution in [0.2, 0.25) is 0 Å². The van der Waals surface area contributed by atoms with Gasteiger partial charge in [0.1, 0.15) is 12.7 Å². The molecule has 4 nitrogen and oxygen atoms in total. The molecule has 0 amide bonds. The number of carbonyl (C=O) groups excluding carboxylic acids is 1. The topological polar surface area (TPSA) is 38.8 Å². The van der Waals surface area contributed by atoms with E-state index in [-0.39, 0.29) is 6.10 Å². The van der Waals surface area contributed by atoms with Gasteiger partial charge >= 0.3 is 6.16 Å². The molecule has 4 rings (SSSR count). The van der Waals surface area contributed by atoms with Crippen LogP contribution in [0.1, 0.15) is 17.7 Å². The smallest absolute Gasteiger partial charge is 0.429 e. The monoisotopic (exact) mass is 267 g/mol. The van der Waals surface area contributed by atoms with Crippen LogP contribution in [-0.4, -0.2) is 36.8 Å². The van der Waals surface area contributed by atoms with Crippen LogP contribution in [0.5, 0.6) is 0 Å². The van der Waals surface area contributed by atoms with E-state index < -0.39 is 6.16 Å². The van der Waals surface area contributed by atoms with E-state index in [2.05, 4.69) is 4.90 Å². The minimum absolute atomic E-state index is 0.0309. The number of rotatable bonds is 3. The van der Waals surface area contributed by atoms with Crippen LogP contribution in [0.15, 0.2) is 17.5 Å². The molecule has 0 N–H and O–H groups in total. The fourth-order valence-corrected chi connectivity index (χ4v) is 3.34. The van der Waals surface area contributed by atoms with Crippen molar-refractivity contribution in [1.82, 2.24) is 4.90 Å². The number of nitrogens with zero attached hydrogens (tertiary/aromatic N) is 1. The van der Waals surface area contributed by atoms with Crippen LogP contribution in [0.4, 0.5) is 4.79 Å². The van der Waals surface area contributed by atoms with Gasteiger partial charge in [-0.05, 0) is 43.3 Å². The van der Waals surface area contributed by atoms with Gasteiger partial charge in [0.05, 0.1) is 0 Å². The highest BCUT2D eigenvalue weighted by molar-refractivity contribution is 7.09. The van der Waals surface area contributed by atoms with Crippen LogP contribution >= 0.6 is 11.3 Å². The second-order valence-corrected chi connectivity index (χ2v) is 5.94. The molecule has 5 heteroatoms. The first kappa shape index (κ1) is 12.0. The first-order valence-electron chi connectivity index (χ1n) is 6.39. The second-order valence-electron chi connectivity index (χ2n) is 4.91. The molecule has 0 saturated carbocycles. The van der Waals surface area contributed by atoms with Gasteiger partial charge in [0.2, 0.25) is 0 Å². The molecular weight excluding hydrogens is 250 g/mol. The van der Waals surface area contributed by atoms with Crippen LogP contribution in [0.3, 0.4) is 0 Å². The standard InChI is InChI=1S/C13H17NO3S/c15-13(16-9-11-2-1-7-18-11)17-12-8-14-5-3-10(12)4-6-14/h1-2,7,10,12H,3-6,8-9H2/t12-/m0/s1. The minimum Gasteiger partial charge on any atom is -0.429 e. The van der Waals surface area contributed by atoms with Gasteiger partial charge in [-0.25, -0.2) is 4.79 Å². The molecule has 0 radical (unpaired) electrons. The van der Waals surface area contributed by atoms with Crippen LogP contribution in [0.25, 0.3) is 0 Å². The Morgan fingerprint density at radius 3 is 2.89 bits per heavy atom. The Morgan fingerprint density at radius 2 is 2.28 bits per heavy atom. The summed E-state index contributed by atoms with van der Waals surface area (Å²) in [5.41, 5.74) is 0. The molecule has 0 spiro atoms. The fourth-order valence-electron chi connectivity index (χ4n) is 2.73. The third-order valence-electron chi connectivity index (χ3n) is 3.76. The van der Waals surface area contributed by atoms with E-state index in [4.69, 9.17) is 9.47 Å². The summed E-state index contributed by atoms with van der Waals surface area (Å²) < 4.78 is 10.6. The lowest BCUT2D eigenvalue weighted by Gasteiger charge is -2.43. The Bertz CT molecular complexity index is 398. The molecule has 4 heterocycles. The van der Waals surface area contributed by atoms with Crippen molar-refractivity contribution in [3.05, 3.63) is 22.4 Å². The van der Waals surface area contributed by atoms with Crippen molar-refractivity contribution in [3.8, 4) is 0 Å². The van der Waals surface area contributed by atoms with Crippen molar-refractivity contribution in [2.24, 2.45) is 5.92 Å². The average Bonchev–Trinajstić information content (AvgIpc) is 2.91. The second kappa shape index (κ2) is 5.28. The van der Waals surface area contributed by atoms with Crippen molar-refractivity contribution in [3.63, 3.8) is 0 Å². The third kappa shape index (κ3) is 2.67. The van der Waals surface area contributed by atoms with Gasteiger partial charge in [0, 0.05) is 11.4 Å². The Labute approximate surface area is 110 Å². The predicted molar refractivity (Wildman–Crippen MR) is 68.5 cm³/mol. The van der Waals surface area contributed by atoms with E-state index in [1.54, 1.807) is 11.3 Å². The Hall–Kier alpha value is -1.07. The minimum atomic E-state index is -0.526. The lowest BCUT2D eigenvalue weighted by atomic mass is 9.86. The Morgan fingerprint density at radius 1 is 1.44 bits per heavy atom. The fraction of sp³-hybridized carbons (Fsp3) is 0.615. The maximum Gasteiger partial charge on any atom is 0.508 e. The number of piperidine rings is 3. The maximum absolute atomic E-state index is 11.6. The summed E-state index contributed by atoms with van der Waals surface area (Å²) in [4.78, 5) is 15.0. The van der Waals surface area contributed by atoms with E-state index in [0.717, 1.165) is 37.4 Å². The van der Waals surface area contributed by atoms with Crippen molar-refractivity contribution < 1.29 is 14.3 Å². The Balaban J connectivity index is 1.46. The molecule has 2 bridgehead atoms. The van der Waals surface area contributed by atoms with Crippen molar-refractivity contribution in [2.75, 3.05) is 19.6 Å². The highest BCUT2D eigenvalue weighted by atomic mass is 32.1. The van der Waals surface area contributed by atoms with E-state index in [0.29, 0.717) is 12.5 Å². The molecule has 0 aliphatic carbocycles. The quantitative estimate of drug-likeness (QED) is 0.789. The summed E-state index contributed by atoms with van der Waals surface area (Å²) in [6, 6.07) is 3.90.